The molecule has 1 aromatic carbocycles. The van der Waals surface area contributed by atoms with Crippen molar-refractivity contribution in [3.63, 3.8) is 0 Å². The first-order valence-electron chi connectivity index (χ1n) is 7.68. The van der Waals surface area contributed by atoms with Gasteiger partial charge < -0.3 is 10.2 Å². The molecule has 1 N–H and O–H groups in total. The van der Waals surface area contributed by atoms with Gasteiger partial charge in [-0.1, -0.05) is 36.4 Å². The molecule has 0 bridgehead atoms. The summed E-state index contributed by atoms with van der Waals surface area (Å²) in [5.74, 6) is -0.163. The Morgan fingerprint density at radius 1 is 1.22 bits per heavy atom. The van der Waals surface area contributed by atoms with Crippen molar-refractivity contribution in [2.75, 3.05) is 6.54 Å². The minimum absolute atomic E-state index is 0.0661. The van der Waals surface area contributed by atoms with Crippen molar-refractivity contribution in [1.82, 2.24) is 15.2 Å². The van der Waals surface area contributed by atoms with E-state index in [1.807, 2.05) is 43.3 Å². The van der Waals surface area contributed by atoms with Gasteiger partial charge in [-0.15, -0.1) is 0 Å². The molecule has 0 spiro atoms. The molecule has 0 unspecified atom stereocenters. The first-order chi connectivity index (χ1) is 11.1. The molecule has 2 aromatic rings. The SMILES string of the molecule is Cc1cccc(C(=O)N[C@@H]2CC(=O)N(Cc3ccccc3)C2)n1. The van der Waals surface area contributed by atoms with Gasteiger partial charge in [-0.3, -0.25) is 9.59 Å². The third kappa shape index (κ3) is 3.74. The maximum Gasteiger partial charge on any atom is 0.270 e. The first kappa shape index (κ1) is 15.2. The van der Waals surface area contributed by atoms with Crippen LogP contribution in [0.25, 0.3) is 0 Å². The number of nitrogens with one attached hydrogen (secondary N) is 1. The molecule has 1 fully saturated rings. The van der Waals surface area contributed by atoms with Gasteiger partial charge in [-0.2, -0.15) is 0 Å². The highest BCUT2D eigenvalue weighted by Gasteiger charge is 2.30. The number of hydrogen-bond donors (Lipinski definition) is 1. The van der Waals surface area contributed by atoms with Crippen LogP contribution < -0.4 is 5.32 Å². The van der Waals surface area contributed by atoms with E-state index in [-0.39, 0.29) is 17.9 Å². The summed E-state index contributed by atoms with van der Waals surface area (Å²) in [6.45, 7) is 2.96. The topological polar surface area (TPSA) is 62.3 Å². The average molecular weight is 309 g/mol. The number of amides is 2. The summed E-state index contributed by atoms with van der Waals surface area (Å²) in [6.07, 6.45) is 0.338. The zero-order valence-corrected chi connectivity index (χ0v) is 13.0. The van der Waals surface area contributed by atoms with E-state index in [2.05, 4.69) is 10.3 Å². The van der Waals surface area contributed by atoms with Crippen molar-refractivity contribution in [2.45, 2.75) is 25.9 Å². The predicted molar refractivity (Wildman–Crippen MR) is 86.7 cm³/mol. The number of rotatable bonds is 4. The van der Waals surface area contributed by atoms with Gasteiger partial charge >= 0.3 is 0 Å². The molecule has 0 aliphatic carbocycles. The number of nitrogens with zero attached hydrogens (tertiary/aromatic N) is 2. The predicted octanol–water partition coefficient (Wildman–Crippen LogP) is 1.92. The number of carbonyl (C=O) groups is 2. The molecule has 2 amide bonds. The maximum atomic E-state index is 12.2. The van der Waals surface area contributed by atoms with Crippen LogP contribution in [0.2, 0.25) is 0 Å². The molecule has 1 aliphatic heterocycles. The Balaban J connectivity index is 1.60. The van der Waals surface area contributed by atoms with Crippen LogP contribution in [0.15, 0.2) is 48.5 Å². The van der Waals surface area contributed by atoms with Crippen molar-refractivity contribution in [3.8, 4) is 0 Å². The van der Waals surface area contributed by atoms with Crippen molar-refractivity contribution >= 4 is 11.8 Å². The number of carbonyl (C=O) groups excluding carboxylic acids is 2. The lowest BCUT2D eigenvalue weighted by molar-refractivity contribution is -0.128. The van der Waals surface area contributed by atoms with E-state index in [0.717, 1.165) is 11.3 Å². The highest BCUT2D eigenvalue weighted by atomic mass is 16.2. The summed E-state index contributed by atoms with van der Waals surface area (Å²) in [4.78, 5) is 30.3. The van der Waals surface area contributed by atoms with E-state index in [9.17, 15) is 9.59 Å². The lowest BCUT2D eigenvalue weighted by Crippen LogP contribution is -2.37. The minimum Gasteiger partial charge on any atom is -0.346 e. The fraction of sp³-hybridized carbons (Fsp3) is 0.278. The van der Waals surface area contributed by atoms with Gasteiger partial charge in [-0.25, -0.2) is 4.98 Å². The smallest absolute Gasteiger partial charge is 0.270 e. The summed E-state index contributed by atoms with van der Waals surface area (Å²) in [5, 5.41) is 2.90. The molecule has 5 heteroatoms. The molecular weight excluding hydrogens is 290 g/mol. The van der Waals surface area contributed by atoms with Crippen LogP contribution in [0.5, 0.6) is 0 Å². The van der Waals surface area contributed by atoms with Gasteiger partial charge in [0.2, 0.25) is 5.91 Å². The van der Waals surface area contributed by atoms with Gasteiger partial charge in [0.15, 0.2) is 0 Å². The number of aromatic nitrogens is 1. The average Bonchev–Trinajstić information content (AvgIpc) is 2.88. The van der Waals surface area contributed by atoms with Crippen LogP contribution in [0.3, 0.4) is 0 Å². The van der Waals surface area contributed by atoms with Crippen molar-refractivity contribution in [2.24, 2.45) is 0 Å². The fourth-order valence-corrected chi connectivity index (χ4v) is 2.75. The first-order valence-corrected chi connectivity index (χ1v) is 7.68. The van der Waals surface area contributed by atoms with E-state index < -0.39 is 0 Å². The Morgan fingerprint density at radius 2 is 2.00 bits per heavy atom. The third-order valence-corrected chi connectivity index (χ3v) is 3.89. The highest BCUT2D eigenvalue weighted by Crippen LogP contribution is 2.15. The van der Waals surface area contributed by atoms with E-state index in [1.54, 1.807) is 17.0 Å². The molecule has 2 heterocycles. The molecule has 0 radical (unpaired) electrons. The molecule has 1 saturated heterocycles. The second kappa shape index (κ2) is 6.60. The number of aryl methyl sites for hydroxylation is 1. The molecule has 0 saturated carbocycles. The summed E-state index contributed by atoms with van der Waals surface area (Å²) in [6, 6.07) is 15.0. The van der Waals surface area contributed by atoms with Gasteiger partial charge in [0.05, 0.1) is 6.04 Å². The quantitative estimate of drug-likeness (QED) is 0.938. The Morgan fingerprint density at radius 3 is 2.74 bits per heavy atom. The molecule has 1 aromatic heterocycles. The number of benzene rings is 1. The molecule has 1 aliphatic rings. The minimum atomic E-state index is -0.229. The highest BCUT2D eigenvalue weighted by molar-refractivity contribution is 5.93. The molecule has 3 rings (SSSR count). The lowest BCUT2D eigenvalue weighted by atomic mass is 10.2. The normalized spacial score (nSPS) is 17.3. The summed E-state index contributed by atoms with van der Waals surface area (Å²) in [7, 11) is 0. The van der Waals surface area contributed by atoms with Crippen LogP contribution in [0.4, 0.5) is 0 Å². The lowest BCUT2D eigenvalue weighted by Gasteiger charge is -2.17. The van der Waals surface area contributed by atoms with E-state index >= 15 is 0 Å². The van der Waals surface area contributed by atoms with Crippen LogP contribution >= 0.6 is 0 Å². The Labute approximate surface area is 135 Å². The number of pyridine rings is 1. The fourth-order valence-electron chi connectivity index (χ4n) is 2.75. The molecule has 23 heavy (non-hydrogen) atoms. The third-order valence-electron chi connectivity index (χ3n) is 3.89. The van der Waals surface area contributed by atoms with Gasteiger partial charge in [0.1, 0.15) is 5.69 Å². The summed E-state index contributed by atoms with van der Waals surface area (Å²) in [5.41, 5.74) is 2.28. The van der Waals surface area contributed by atoms with Crippen molar-refractivity contribution < 1.29 is 9.59 Å². The van der Waals surface area contributed by atoms with E-state index in [1.165, 1.54) is 0 Å². The van der Waals surface area contributed by atoms with E-state index in [0.29, 0.717) is 25.2 Å². The Kier molecular flexibility index (Phi) is 4.37. The molecule has 1 atom stereocenters. The van der Waals surface area contributed by atoms with Crippen molar-refractivity contribution in [1.29, 1.82) is 0 Å². The molecule has 5 nitrogen and oxygen atoms in total. The van der Waals surface area contributed by atoms with Gasteiger partial charge in [0, 0.05) is 25.2 Å². The second-order valence-electron chi connectivity index (χ2n) is 5.80. The van der Waals surface area contributed by atoms with Crippen LogP contribution in [-0.2, 0) is 11.3 Å². The Bertz CT molecular complexity index is 715. The zero-order valence-electron chi connectivity index (χ0n) is 13.0. The largest absolute Gasteiger partial charge is 0.346 e. The van der Waals surface area contributed by atoms with E-state index in [4.69, 9.17) is 0 Å². The van der Waals surface area contributed by atoms with Crippen molar-refractivity contribution in [3.05, 3.63) is 65.5 Å². The molecule has 118 valence electrons. The van der Waals surface area contributed by atoms with Crippen LogP contribution in [-0.4, -0.2) is 34.3 Å². The standard InChI is InChI=1S/C18H19N3O2/c1-13-6-5-9-16(19-13)18(23)20-15-10-17(22)21(12-15)11-14-7-3-2-4-8-14/h2-9,15H,10-12H2,1H3,(H,20,23)/t15-/m1/s1. The number of hydrogen-bond acceptors (Lipinski definition) is 3. The number of likely N-dealkylation sites (tertiary alicyclic amines) is 1. The Hall–Kier alpha value is -2.69. The van der Waals surface area contributed by atoms with Gasteiger partial charge in [-0.05, 0) is 24.6 Å². The monoisotopic (exact) mass is 309 g/mol. The van der Waals surface area contributed by atoms with Crippen LogP contribution in [0.1, 0.15) is 28.2 Å². The molecular formula is C18H19N3O2. The summed E-state index contributed by atoms with van der Waals surface area (Å²) < 4.78 is 0. The maximum absolute atomic E-state index is 12.2. The second-order valence-corrected chi connectivity index (χ2v) is 5.80. The van der Waals surface area contributed by atoms with Gasteiger partial charge in [0.25, 0.3) is 5.91 Å². The van der Waals surface area contributed by atoms with Crippen LogP contribution in [0, 0.1) is 6.92 Å². The zero-order chi connectivity index (χ0) is 16.2. The summed E-state index contributed by atoms with van der Waals surface area (Å²) >= 11 is 0.